The molecule has 3 aliphatic rings. The van der Waals surface area contributed by atoms with Crippen LogP contribution in [0.25, 0.3) is 0 Å². The summed E-state index contributed by atoms with van der Waals surface area (Å²) in [5, 5.41) is 0. The first kappa shape index (κ1) is 25.4. The molecule has 0 aromatic rings. The molecule has 0 amide bonds. The second-order valence-corrected chi connectivity index (χ2v) is 9.98. The standard InChI is InChI=1S/C25H47NO5/c1-6-8-9-10-11-12-15-18-27-20(7-2)28-24-23-22(30-25(4,5)31-23)21(29-24)19(3)26-16-13-14-17-26/h19-24H,6-18H2,1-5H3/t19-,20?,21+,22-,23-,24-/m0/s1. The van der Waals surface area contributed by atoms with Gasteiger partial charge in [0.25, 0.3) is 0 Å². The Kier molecular flexibility index (Phi) is 10.1. The zero-order valence-electron chi connectivity index (χ0n) is 20.6. The van der Waals surface area contributed by atoms with Crippen LogP contribution in [0.3, 0.4) is 0 Å². The summed E-state index contributed by atoms with van der Waals surface area (Å²) in [6.45, 7) is 13.6. The van der Waals surface area contributed by atoms with E-state index < -0.39 is 12.1 Å². The summed E-state index contributed by atoms with van der Waals surface area (Å²) >= 11 is 0. The minimum Gasteiger partial charge on any atom is -0.353 e. The van der Waals surface area contributed by atoms with Crippen molar-refractivity contribution in [2.24, 2.45) is 0 Å². The van der Waals surface area contributed by atoms with Crippen LogP contribution in [0.5, 0.6) is 0 Å². The molecule has 1 unspecified atom stereocenters. The predicted octanol–water partition coefficient (Wildman–Crippen LogP) is 5.24. The van der Waals surface area contributed by atoms with E-state index in [2.05, 4.69) is 25.7 Å². The second-order valence-electron chi connectivity index (χ2n) is 9.98. The van der Waals surface area contributed by atoms with Crippen molar-refractivity contribution in [3.63, 3.8) is 0 Å². The molecule has 3 fully saturated rings. The van der Waals surface area contributed by atoms with Crippen LogP contribution in [0.4, 0.5) is 0 Å². The summed E-state index contributed by atoms with van der Waals surface area (Å²) in [4.78, 5) is 2.51. The molecule has 3 heterocycles. The third kappa shape index (κ3) is 7.12. The van der Waals surface area contributed by atoms with E-state index in [0.717, 1.165) is 32.5 Å². The van der Waals surface area contributed by atoms with E-state index in [1.165, 1.54) is 51.4 Å². The van der Waals surface area contributed by atoms with Gasteiger partial charge in [-0.15, -0.1) is 0 Å². The van der Waals surface area contributed by atoms with Gasteiger partial charge in [0.1, 0.15) is 18.3 Å². The van der Waals surface area contributed by atoms with Crippen molar-refractivity contribution in [2.75, 3.05) is 19.7 Å². The Morgan fingerprint density at radius 2 is 1.58 bits per heavy atom. The van der Waals surface area contributed by atoms with Gasteiger partial charge in [0.05, 0.1) is 0 Å². The molecule has 0 aromatic carbocycles. The lowest BCUT2D eigenvalue weighted by atomic mass is 10.0. The van der Waals surface area contributed by atoms with Crippen molar-refractivity contribution < 1.29 is 23.7 Å². The van der Waals surface area contributed by atoms with Crippen LogP contribution in [0, 0.1) is 0 Å². The van der Waals surface area contributed by atoms with Crippen molar-refractivity contribution in [1.29, 1.82) is 0 Å². The third-order valence-corrected chi connectivity index (χ3v) is 6.91. The quantitative estimate of drug-likeness (QED) is 0.272. The highest BCUT2D eigenvalue weighted by Crippen LogP contribution is 2.41. The van der Waals surface area contributed by atoms with Crippen LogP contribution in [-0.4, -0.2) is 67.3 Å². The number of unbranched alkanes of at least 4 members (excludes halogenated alkanes) is 6. The number of ether oxygens (including phenoxy) is 5. The molecule has 0 spiro atoms. The van der Waals surface area contributed by atoms with E-state index in [1.54, 1.807) is 0 Å². The fourth-order valence-electron chi connectivity index (χ4n) is 5.12. The number of rotatable bonds is 14. The van der Waals surface area contributed by atoms with Crippen LogP contribution >= 0.6 is 0 Å². The largest absolute Gasteiger partial charge is 0.353 e. The summed E-state index contributed by atoms with van der Waals surface area (Å²) in [7, 11) is 0. The molecule has 0 saturated carbocycles. The molecule has 0 N–H and O–H groups in total. The Bertz CT molecular complexity index is 510. The van der Waals surface area contributed by atoms with Gasteiger partial charge in [-0.1, -0.05) is 52.4 Å². The average Bonchev–Trinajstić information content (AvgIpc) is 3.45. The molecule has 0 aromatic heterocycles. The highest BCUT2D eigenvalue weighted by atomic mass is 16.8. The van der Waals surface area contributed by atoms with Crippen LogP contribution in [0.2, 0.25) is 0 Å². The molecule has 3 aliphatic heterocycles. The van der Waals surface area contributed by atoms with Crippen molar-refractivity contribution in [1.82, 2.24) is 4.90 Å². The lowest BCUT2D eigenvalue weighted by Crippen LogP contribution is -2.46. The Hall–Kier alpha value is -0.240. The molecule has 6 atom stereocenters. The summed E-state index contributed by atoms with van der Waals surface area (Å²) in [5.41, 5.74) is 0. The van der Waals surface area contributed by atoms with Gasteiger partial charge in [-0.2, -0.15) is 0 Å². The molecule has 3 rings (SSSR count). The Morgan fingerprint density at radius 1 is 0.935 bits per heavy atom. The van der Waals surface area contributed by atoms with Gasteiger partial charge in [0.15, 0.2) is 18.4 Å². The topological polar surface area (TPSA) is 49.4 Å². The number of hydrogen-bond donors (Lipinski definition) is 0. The maximum atomic E-state index is 6.42. The van der Waals surface area contributed by atoms with Gasteiger partial charge in [-0.05, 0) is 59.5 Å². The van der Waals surface area contributed by atoms with E-state index in [-0.39, 0.29) is 30.6 Å². The molecule has 31 heavy (non-hydrogen) atoms. The molecule has 0 bridgehead atoms. The highest BCUT2D eigenvalue weighted by Gasteiger charge is 2.58. The molecule has 182 valence electrons. The average molecular weight is 442 g/mol. The van der Waals surface area contributed by atoms with Crippen LogP contribution in [-0.2, 0) is 23.7 Å². The maximum Gasteiger partial charge on any atom is 0.190 e. The fourth-order valence-corrected chi connectivity index (χ4v) is 5.12. The number of nitrogens with zero attached hydrogens (tertiary/aromatic N) is 1. The normalized spacial score (nSPS) is 32.4. The van der Waals surface area contributed by atoms with Gasteiger partial charge in [-0.25, -0.2) is 0 Å². The smallest absolute Gasteiger partial charge is 0.190 e. The fraction of sp³-hybridized carbons (Fsp3) is 1.00. The zero-order valence-corrected chi connectivity index (χ0v) is 20.6. The molecule has 3 saturated heterocycles. The number of fused-ring (bicyclic) bond motifs is 1. The Balaban J connectivity index is 1.47. The minimum absolute atomic E-state index is 0.0458. The van der Waals surface area contributed by atoms with E-state index in [9.17, 15) is 0 Å². The first-order valence-corrected chi connectivity index (χ1v) is 13.0. The van der Waals surface area contributed by atoms with Gasteiger partial charge in [0.2, 0.25) is 0 Å². The lowest BCUT2D eigenvalue weighted by molar-refractivity contribution is -0.285. The van der Waals surface area contributed by atoms with E-state index in [4.69, 9.17) is 23.7 Å². The zero-order chi connectivity index (χ0) is 22.3. The number of hydrogen-bond acceptors (Lipinski definition) is 6. The van der Waals surface area contributed by atoms with Crippen molar-refractivity contribution in [3.05, 3.63) is 0 Å². The van der Waals surface area contributed by atoms with Crippen LogP contribution in [0.15, 0.2) is 0 Å². The first-order valence-electron chi connectivity index (χ1n) is 13.0. The number of likely N-dealkylation sites (tertiary alicyclic amines) is 1. The lowest BCUT2D eigenvalue weighted by Gasteiger charge is -2.32. The first-order chi connectivity index (χ1) is 14.9. The summed E-state index contributed by atoms with van der Waals surface area (Å²) in [6, 6.07) is 0.287. The molecule has 6 heteroatoms. The van der Waals surface area contributed by atoms with E-state index in [0.29, 0.717) is 0 Å². The molecular formula is C25H47NO5. The second kappa shape index (κ2) is 12.3. The van der Waals surface area contributed by atoms with Crippen molar-refractivity contribution in [2.45, 2.75) is 142 Å². The molecule has 6 nitrogen and oxygen atoms in total. The third-order valence-electron chi connectivity index (χ3n) is 6.91. The summed E-state index contributed by atoms with van der Waals surface area (Å²) in [5.74, 6) is -0.607. The minimum atomic E-state index is -0.607. The monoisotopic (exact) mass is 441 g/mol. The maximum absolute atomic E-state index is 6.42. The summed E-state index contributed by atoms with van der Waals surface area (Å²) < 4.78 is 31.3. The molecule has 0 aliphatic carbocycles. The predicted molar refractivity (Wildman–Crippen MR) is 122 cm³/mol. The molecular weight excluding hydrogens is 394 g/mol. The van der Waals surface area contributed by atoms with Gasteiger partial charge in [-0.3, -0.25) is 4.90 Å². The van der Waals surface area contributed by atoms with Crippen LogP contribution < -0.4 is 0 Å². The van der Waals surface area contributed by atoms with Crippen molar-refractivity contribution >= 4 is 0 Å². The van der Waals surface area contributed by atoms with E-state index in [1.807, 2.05) is 13.8 Å². The van der Waals surface area contributed by atoms with Crippen molar-refractivity contribution in [3.8, 4) is 0 Å². The van der Waals surface area contributed by atoms with Crippen LogP contribution in [0.1, 0.15) is 98.8 Å². The van der Waals surface area contributed by atoms with E-state index >= 15 is 0 Å². The van der Waals surface area contributed by atoms with Gasteiger partial charge < -0.3 is 23.7 Å². The Labute approximate surface area is 190 Å². The van der Waals surface area contributed by atoms with Gasteiger partial charge >= 0.3 is 0 Å². The summed E-state index contributed by atoms with van der Waals surface area (Å²) in [6.07, 6.45) is 11.2. The molecule has 0 radical (unpaired) electrons. The van der Waals surface area contributed by atoms with Gasteiger partial charge in [0, 0.05) is 12.6 Å². The SMILES string of the molecule is CCCCCCCCCOC(CC)O[C@H]1O[C@H]([C@H](C)N2CCCC2)[C@@H]2OC(C)(C)O[C@H]12. The Morgan fingerprint density at radius 3 is 2.26 bits per heavy atom. The highest BCUT2D eigenvalue weighted by molar-refractivity contribution is 5.00.